The van der Waals surface area contributed by atoms with Gasteiger partial charge in [0.1, 0.15) is 12.4 Å². The Morgan fingerprint density at radius 1 is 1.14 bits per heavy atom. The van der Waals surface area contributed by atoms with E-state index in [1.54, 1.807) is 38.1 Å². The highest BCUT2D eigenvalue weighted by atomic mass is 16.5. The molecule has 0 saturated heterocycles. The second-order valence-electron chi connectivity index (χ2n) is 5.77. The fraction of sp³-hybridized carbons (Fsp3) is 0.500. The van der Waals surface area contributed by atoms with Crippen molar-refractivity contribution in [1.29, 1.82) is 0 Å². The van der Waals surface area contributed by atoms with Gasteiger partial charge in [-0.3, -0.25) is 9.59 Å². The van der Waals surface area contributed by atoms with E-state index in [2.05, 4.69) is 5.32 Å². The molecule has 0 atom stereocenters. The minimum absolute atomic E-state index is 0.0839. The monoisotopic (exact) mass is 309 g/mol. The molecule has 6 heteroatoms. The van der Waals surface area contributed by atoms with Gasteiger partial charge in [0.05, 0.1) is 5.60 Å². The van der Waals surface area contributed by atoms with E-state index in [1.807, 2.05) is 0 Å². The molecule has 1 aromatic rings. The van der Waals surface area contributed by atoms with Crippen LogP contribution in [0.2, 0.25) is 0 Å². The molecule has 0 fully saturated rings. The summed E-state index contributed by atoms with van der Waals surface area (Å²) >= 11 is 0. The zero-order chi connectivity index (χ0) is 16.6. The minimum atomic E-state index is -0.900. The molecule has 1 aromatic carbocycles. The zero-order valence-corrected chi connectivity index (χ0v) is 13.0. The van der Waals surface area contributed by atoms with Gasteiger partial charge in [0.2, 0.25) is 5.91 Å². The average molecular weight is 309 g/mol. The lowest BCUT2D eigenvalue weighted by atomic mass is 10.2. The number of nitrogens with one attached hydrogen (secondary N) is 1. The number of hydrogen-bond donors (Lipinski definition) is 3. The summed E-state index contributed by atoms with van der Waals surface area (Å²) in [5.74, 6) is -0.376. The van der Waals surface area contributed by atoms with Crippen molar-refractivity contribution in [3.05, 3.63) is 24.3 Å². The summed E-state index contributed by atoms with van der Waals surface area (Å²) in [6.45, 7) is 3.50. The lowest BCUT2D eigenvalue weighted by molar-refractivity contribution is -0.137. The van der Waals surface area contributed by atoms with Crippen molar-refractivity contribution in [1.82, 2.24) is 0 Å². The van der Waals surface area contributed by atoms with E-state index >= 15 is 0 Å². The molecule has 22 heavy (non-hydrogen) atoms. The summed E-state index contributed by atoms with van der Waals surface area (Å²) in [6.07, 6.45) is 1.42. The number of rotatable bonds is 9. The first kappa shape index (κ1) is 18.0. The molecule has 1 amide bonds. The number of carboxylic acids is 1. The Bertz CT molecular complexity index is 490. The van der Waals surface area contributed by atoms with Gasteiger partial charge in [-0.05, 0) is 51.0 Å². The smallest absolute Gasteiger partial charge is 0.303 e. The second kappa shape index (κ2) is 8.38. The topological polar surface area (TPSA) is 95.9 Å². The Morgan fingerprint density at radius 3 is 2.27 bits per heavy atom. The first-order chi connectivity index (χ1) is 10.3. The van der Waals surface area contributed by atoms with E-state index in [4.69, 9.17) is 9.84 Å². The molecule has 3 N–H and O–H groups in total. The second-order valence-corrected chi connectivity index (χ2v) is 5.77. The molecule has 0 bridgehead atoms. The van der Waals surface area contributed by atoms with Crippen LogP contribution in [0.15, 0.2) is 24.3 Å². The summed E-state index contributed by atoms with van der Waals surface area (Å²) in [6, 6.07) is 6.86. The Morgan fingerprint density at radius 2 is 1.73 bits per heavy atom. The normalized spacial score (nSPS) is 11.0. The maximum atomic E-state index is 11.7. The lowest BCUT2D eigenvalue weighted by Crippen LogP contribution is -2.27. The van der Waals surface area contributed by atoms with Gasteiger partial charge in [-0.2, -0.15) is 0 Å². The highest BCUT2D eigenvalue weighted by Crippen LogP contribution is 2.17. The molecular formula is C16H23NO5. The number of carbonyl (C=O) groups is 2. The lowest BCUT2D eigenvalue weighted by Gasteiger charge is -2.17. The van der Waals surface area contributed by atoms with Crippen LogP contribution in [0.4, 0.5) is 5.69 Å². The molecule has 0 unspecified atom stereocenters. The molecule has 1 rings (SSSR count). The Hall–Kier alpha value is -2.08. The molecule has 0 heterocycles. The Kier molecular flexibility index (Phi) is 6.85. The number of benzene rings is 1. The highest BCUT2D eigenvalue weighted by molar-refractivity contribution is 5.90. The highest BCUT2D eigenvalue weighted by Gasteiger charge is 2.13. The van der Waals surface area contributed by atoms with Crippen LogP contribution in [-0.4, -0.2) is 34.3 Å². The standard InChI is InChI=1S/C16H23NO5/c1-16(2,21)11-22-13-9-7-12(8-10-13)17-14(18)5-3-4-6-15(19)20/h7-10,21H,3-6,11H2,1-2H3,(H,17,18)(H,19,20). The number of unbranched alkanes of at least 4 members (excludes halogenated alkanes) is 1. The molecule has 122 valence electrons. The van der Waals surface area contributed by atoms with Crippen molar-refractivity contribution < 1.29 is 24.5 Å². The van der Waals surface area contributed by atoms with Crippen LogP contribution in [0.5, 0.6) is 5.75 Å². The van der Waals surface area contributed by atoms with Gasteiger partial charge in [0.15, 0.2) is 0 Å². The zero-order valence-electron chi connectivity index (χ0n) is 13.0. The summed E-state index contributed by atoms with van der Waals surface area (Å²) < 4.78 is 5.41. The van der Waals surface area contributed by atoms with Crippen molar-refractivity contribution >= 4 is 17.6 Å². The van der Waals surface area contributed by atoms with Crippen LogP contribution in [0.25, 0.3) is 0 Å². The van der Waals surface area contributed by atoms with Crippen LogP contribution in [0.3, 0.4) is 0 Å². The largest absolute Gasteiger partial charge is 0.491 e. The summed E-state index contributed by atoms with van der Waals surface area (Å²) in [4.78, 5) is 22.0. The van der Waals surface area contributed by atoms with Crippen LogP contribution < -0.4 is 10.1 Å². The fourth-order valence-electron chi connectivity index (χ4n) is 1.68. The SMILES string of the molecule is CC(C)(O)COc1ccc(NC(=O)CCCCC(=O)O)cc1. The first-order valence-corrected chi connectivity index (χ1v) is 7.23. The summed E-state index contributed by atoms with van der Waals surface area (Å²) in [5, 5.41) is 20.8. The van der Waals surface area contributed by atoms with E-state index in [0.29, 0.717) is 30.7 Å². The number of aliphatic carboxylic acids is 1. The number of carbonyl (C=O) groups excluding carboxylic acids is 1. The molecular weight excluding hydrogens is 286 g/mol. The van der Waals surface area contributed by atoms with Gasteiger partial charge in [0.25, 0.3) is 0 Å². The minimum Gasteiger partial charge on any atom is -0.491 e. The quantitative estimate of drug-likeness (QED) is 0.609. The van der Waals surface area contributed by atoms with E-state index < -0.39 is 11.6 Å². The number of ether oxygens (including phenoxy) is 1. The number of amides is 1. The van der Waals surface area contributed by atoms with Crippen LogP contribution in [0, 0.1) is 0 Å². The molecule has 6 nitrogen and oxygen atoms in total. The van der Waals surface area contributed by atoms with Gasteiger partial charge >= 0.3 is 5.97 Å². The third kappa shape index (κ3) is 8.26. The summed E-state index contributed by atoms with van der Waals surface area (Å²) in [5.41, 5.74) is -0.248. The fourth-order valence-corrected chi connectivity index (χ4v) is 1.68. The van der Waals surface area contributed by atoms with E-state index in [9.17, 15) is 14.7 Å². The van der Waals surface area contributed by atoms with Crippen molar-refractivity contribution in [2.24, 2.45) is 0 Å². The third-order valence-corrected chi connectivity index (χ3v) is 2.77. The van der Waals surface area contributed by atoms with Crippen molar-refractivity contribution in [3.8, 4) is 5.75 Å². The molecule has 0 radical (unpaired) electrons. The molecule has 0 aliphatic rings. The molecule has 0 aromatic heterocycles. The van der Waals surface area contributed by atoms with E-state index in [-0.39, 0.29) is 18.9 Å². The average Bonchev–Trinajstić information content (AvgIpc) is 2.42. The maximum Gasteiger partial charge on any atom is 0.303 e. The van der Waals surface area contributed by atoms with Crippen molar-refractivity contribution in [2.75, 3.05) is 11.9 Å². The third-order valence-electron chi connectivity index (χ3n) is 2.77. The molecule has 0 saturated carbocycles. The van der Waals surface area contributed by atoms with Gasteiger partial charge < -0.3 is 20.3 Å². The molecule has 0 aliphatic heterocycles. The molecule has 0 spiro atoms. The molecule has 0 aliphatic carbocycles. The maximum absolute atomic E-state index is 11.7. The Labute approximate surface area is 130 Å². The Balaban J connectivity index is 2.34. The van der Waals surface area contributed by atoms with Gasteiger partial charge in [0, 0.05) is 18.5 Å². The van der Waals surface area contributed by atoms with Crippen LogP contribution in [-0.2, 0) is 9.59 Å². The number of hydrogen-bond acceptors (Lipinski definition) is 4. The van der Waals surface area contributed by atoms with Crippen molar-refractivity contribution in [2.45, 2.75) is 45.1 Å². The number of aliphatic hydroxyl groups is 1. The number of carboxylic acid groups (broad SMARTS) is 1. The van der Waals surface area contributed by atoms with E-state index in [1.165, 1.54) is 0 Å². The predicted molar refractivity (Wildman–Crippen MR) is 83.0 cm³/mol. The van der Waals surface area contributed by atoms with Crippen LogP contribution >= 0.6 is 0 Å². The predicted octanol–water partition coefficient (Wildman–Crippen LogP) is 2.42. The van der Waals surface area contributed by atoms with Crippen molar-refractivity contribution in [3.63, 3.8) is 0 Å². The van der Waals surface area contributed by atoms with Gasteiger partial charge in [-0.15, -0.1) is 0 Å². The van der Waals surface area contributed by atoms with Crippen LogP contribution in [0.1, 0.15) is 39.5 Å². The van der Waals surface area contributed by atoms with Gasteiger partial charge in [-0.25, -0.2) is 0 Å². The number of anilines is 1. The first-order valence-electron chi connectivity index (χ1n) is 7.23. The van der Waals surface area contributed by atoms with Gasteiger partial charge in [-0.1, -0.05) is 0 Å². The summed E-state index contributed by atoms with van der Waals surface area (Å²) in [7, 11) is 0. The van der Waals surface area contributed by atoms with E-state index in [0.717, 1.165) is 0 Å².